The molecule has 2 aromatic carbocycles. The van der Waals surface area contributed by atoms with E-state index in [4.69, 9.17) is 4.98 Å². The van der Waals surface area contributed by atoms with Crippen LogP contribution in [0, 0.1) is 5.82 Å². The zero-order chi connectivity index (χ0) is 24.9. The number of imidazole rings is 1. The zero-order valence-electron chi connectivity index (χ0n) is 19.1. The van der Waals surface area contributed by atoms with Gasteiger partial charge in [-0.15, -0.1) is 0 Å². The number of hydrogen-bond acceptors (Lipinski definition) is 7. The van der Waals surface area contributed by atoms with E-state index in [-0.39, 0.29) is 12.4 Å². The number of carboxylic acid groups (broad SMARTS) is 1. The summed E-state index contributed by atoms with van der Waals surface area (Å²) in [7, 11) is 0. The molecule has 0 spiro atoms. The number of aliphatic carboxylic acids is 1. The van der Waals surface area contributed by atoms with Crippen LogP contribution in [0.5, 0.6) is 0 Å². The van der Waals surface area contributed by atoms with Crippen molar-refractivity contribution in [3.8, 4) is 5.82 Å². The first-order chi connectivity index (χ1) is 17.4. The first kappa shape index (κ1) is 22.1. The number of halogens is 1. The Hall–Kier alpha value is -4.38. The number of aliphatic hydroxyl groups is 1. The molecular formula is C25H22FN7O3. The molecule has 1 aliphatic rings. The van der Waals surface area contributed by atoms with Crippen molar-refractivity contribution in [3.05, 3.63) is 72.4 Å². The number of aromatic nitrogens is 6. The van der Waals surface area contributed by atoms with Crippen molar-refractivity contribution in [1.82, 2.24) is 29.3 Å². The molecule has 0 unspecified atom stereocenters. The van der Waals surface area contributed by atoms with Crippen LogP contribution in [0.3, 0.4) is 0 Å². The first-order valence-electron chi connectivity index (χ1n) is 11.5. The molecule has 0 aliphatic carbocycles. The minimum absolute atomic E-state index is 0.295. The lowest BCUT2D eigenvalue weighted by Gasteiger charge is -2.38. The van der Waals surface area contributed by atoms with Crippen LogP contribution in [0.25, 0.3) is 27.9 Å². The zero-order valence-corrected chi connectivity index (χ0v) is 19.1. The van der Waals surface area contributed by atoms with E-state index in [0.717, 1.165) is 10.9 Å². The normalized spacial score (nSPS) is 15.6. The Morgan fingerprint density at radius 2 is 1.81 bits per heavy atom. The van der Waals surface area contributed by atoms with Gasteiger partial charge in [-0.3, -0.25) is 4.79 Å². The van der Waals surface area contributed by atoms with Gasteiger partial charge in [0.1, 0.15) is 12.4 Å². The molecule has 6 rings (SSSR count). The summed E-state index contributed by atoms with van der Waals surface area (Å²) in [5.74, 6) is -0.522. The van der Waals surface area contributed by atoms with Crippen LogP contribution in [0.1, 0.15) is 18.4 Å². The predicted molar refractivity (Wildman–Crippen MR) is 129 cm³/mol. The van der Waals surface area contributed by atoms with Gasteiger partial charge in [0.15, 0.2) is 17.0 Å². The standard InChI is InChI=1S/C25H22FN7O3/c26-18-7-5-17(6-8-18)25(36)9-11-31(12-10-25)24-29-22-21(27-15-32(22)14-20(34)35)23(30-24)33-19-4-2-1-3-16(19)13-28-33/h1-8,13,15,36H,9-12,14H2,(H,34,35). The minimum Gasteiger partial charge on any atom is -0.480 e. The summed E-state index contributed by atoms with van der Waals surface area (Å²) in [6.45, 7) is 0.605. The maximum atomic E-state index is 13.4. The highest BCUT2D eigenvalue weighted by Gasteiger charge is 2.35. The van der Waals surface area contributed by atoms with E-state index in [2.05, 4.69) is 15.1 Å². The smallest absolute Gasteiger partial charge is 0.323 e. The number of benzene rings is 2. The topological polar surface area (TPSA) is 122 Å². The van der Waals surface area contributed by atoms with Crippen LogP contribution in [0.15, 0.2) is 61.1 Å². The van der Waals surface area contributed by atoms with Gasteiger partial charge in [0.05, 0.1) is 23.6 Å². The number of rotatable bonds is 5. The average Bonchev–Trinajstić information content (AvgIpc) is 3.48. The number of carboxylic acids is 1. The molecule has 1 fully saturated rings. The van der Waals surface area contributed by atoms with Crippen molar-refractivity contribution in [2.75, 3.05) is 18.0 Å². The summed E-state index contributed by atoms with van der Waals surface area (Å²) in [5, 5.41) is 26.0. The van der Waals surface area contributed by atoms with Crippen LogP contribution in [0.2, 0.25) is 0 Å². The molecule has 0 amide bonds. The molecular weight excluding hydrogens is 465 g/mol. The monoisotopic (exact) mass is 487 g/mol. The van der Waals surface area contributed by atoms with Gasteiger partial charge < -0.3 is 19.7 Å². The highest BCUT2D eigenvalue weighted by atomic mass is 19.1. The summed E-state index contributed by atoms with van der Waals surface area (Å²) in [6, 6.07) is 13.6. The number of piperidine rings is 1. The first-order valence-corrected chi connectivity index (χ1v) is 11.5. The van der Waals surface area contributed by atoms with E-state index in [1.165, 1.54) is 23.0 Å². The highest BCUT2D eigenvalue weighted by molar-refractivity contribution is 5.86. The van der Waals surface area contributed by atoms with Crippen LogP contribution in [0.4, 0.5) is 10.3 Å². The highest BCUT2D eigenvalue weighted by Crippen LogP contribution is 2.34. The van der Waals surface area contributed by atoms with Crippen LogP contribution < -0.4 is 4.90 Å². The molecule has 1 saturated heterocycles. The molecule has 0 atom stereocenters. The van der Waals surface area contributed by atoms with Crippen LogP contribution in [-0.2, 0) is 16.9 Å². The van der Waals surface area contributed by atoms with Gasteiger partial charge in [-0.25, -0.2) is 14.1 Å². The minimum atomic E-state index is -1.08. The fourth-order valence-electron chi connectivity index (χ4n) is 4.73. The number of hydrogen-bond donors (Lipinski definition) is 2. The Morgan fingerprint density at radius 3 is 2.56 bits per heavy atom. The van der Waals surface area contributed by atoms with Gasteiger partial charge in [0, 0.05) is 18.5 Å². The van der Waals surface area contributed by atoms with E-state index in [9.17, 15) is 19.4 Å². The predicted octanol–water partition coefficient (Wildman–Crippen LogP) is 2.88. The second-order valence-electron chi connectivity index (χ2n) is 8.93. The lowest BCUT2D eigenvalue weighted by atomic mass is 9.84. The molecule has 3 aromatic heterocycles. The van der Waals surface area contributed by atoms with Crippen molar-refractivity contribution in [2.45, 2.75) is 25.0 Å². The van der Waals surface area contributed by atoms with Crippen molar-refractivity contribution < 1.29 is 19.4 Å². The van der Waals surface area contributed by atoms with E-state index >= 15 is 0 Å². The largest absolute Gasteiger partial charge is 0.480 e. The third-order valence-electron chi connectivity index (χ3n) is 6.67. The van der Waals surface area contributed by atoms with Crippen LogP contribution in [-0.4, -0.2) is 58.6 Å². The summed E-state index contributed by atoms with van der Waals surface area (Å²) >= 11 is 0. The molecule has 0 radical (unpaired) electrons. The molecule has 0 bridgehead atoms. The Balaban J connectivity index is 1.41. The molecule has 1 aliphatic heterocycles. The third kappa shape index (κ3) is 3.73. The summed E-state index contributed by atoms with van der Waals surface area (Å²) in [5.41, 5.74) is 1.24. The van der Waals surface area contributed by atoms with E-state index < -0.39 is 11.6 Å². The average molecular weight is 487 g/mol. The maximum Gasteiger partial charge on any atom is 0.323 e. The SMILES string of the molecule is O=C(O)Cn1cnc2c(-n3ncc4ccccc43)nc(N3CCC(O)(c4ccc(F)cc4)CC3)nc21. The van der Waals surface area contributed by atoms with Gasteiger partial charge in [0.25, 0.3) is 0 Å². The lowest BCUT2D eigenvalue weighted by Crippen LogP contribution is -2.43. The van der Waals surface area contributed by atoms with Crippen molar-refractivity contribution in [3.63, 3.8) is 0 Å². The molecule has 5 aromatic rings. The molecule has 10 nitrogen and oxygen atoms in total. The Kier molecular flexibility index (Phi) is 5.15. The van der Waals surface area contributed by atoms with Gasteiger partial charge in [-0.1, -0.05) is 30.3 Å². The Labute approximate surface area is 204 Å². The van der Waals surface area contributed by atoms with E-state index in [1.54, 1.807) is 23.0 Å². The number of para-hydroxylation sites is 1. The quantitative estimate of drug-likeness (QED) is 0.388. The second kappa shape index (κ2) is 8.38. The second-order valence-corrected chi connectivity index (χ2v) is 8.93. The molecule has 4 heterocycles. The number of anilines is 1. The van der Waals surface area contributed by atoms with Gasteiger partial charge in [-0.05, 0) is 36.6 Å². The molecule has 0 saturated carbocycles. The lowest BCUT2D eigenvalue weighted by molar-refractivity contribution is -0.137. The van der Waals surface area contributed by atoms with Gasteiger partial charge in [0.2, 0.25) is 5.95 Å². The Morgan fingerprint density at radius 1 is 1.06 bits per heavy atom. The molecule has 2 N–H and O–H groups in total. The summed E-state index contributed by atoms with van der Waals surface area (Å²) in [4.78, 5) is 27.3. The van der Waals surface area contributed by atoms with E-state index in [1.807, 2.05) is 29.2 Å². The fraction of sp³-hybridized carbons (Fsp3) is 0.240. The number of carbonyl (C=O) groups is 1. The van der Waals surface area contributed by atoms with Crippen molar-refractivity contribution >= 4 is 34.0 Å². The number of nitrogens with zero attached hydrogens (tertiary/aromatic N) is 7. The van der Waals surface area contributed by atoms with E-state index in [0.29, 0.717) is 54.4 Å². The molecule has 182 valence electrons. The summed E-state index contributed by atoms with van der Waals surface area (Å²) in [6.07, 6.45) is 3.97. The van der Waals surface area contributed by atoms with Crippen molar-refractivity contribution in [1.29, 1.82) is 0 Å². The molecule has 36 heavy (non-hydrogen) atoms. The third-order valence-corrected chi connectivity index (χ3v) is 6.67. The van der Waals surface area contributed by atoms with Crippen molar-refractivity contribution in [2.24, 2.45) is 0 Å². The van der Waals surface area contributed by atoms with Crippen LogP contribution >= 0.6 is 0 Å². The summed E-state index contributed by atoms with van der Waals surface area (Å²) < 4.78 is 16.5. The Bertz CT molecular complexity index is 1590. The van der Waals surface area contributed by atoms with Gasteiger partial charge >= 0.3 is 5.97 Å². The number of fused-ring (bicyclic) bond motifs is 2. The van der Waals surface area contributed by atoms with Gasteiger partial charge in [-0.2, -0.15) is 15.1 Å². The maximum absolute atomic E-state index is 13.4. The molecule has 11 heteroatoms. The fourth-order valence-corrected chi connectivity index (χ4v) is 4.73.